The van der Waals surface area contributed by atoms with E-state index >= 15 is 0 Å². The third-order valence-electron chi connectivity index (χ3n) is 3.54. The number of anilines is 1. The van der Waals surface area contributed by atoms with Crippen LogP contribution in [0.2, 0.25) is 10.0 Å². The maximum atomic E-state index is 12.4. The first-order chi connectivity index (χ1) is 11.9. The number of imide groups is 1. The van der Waals surface area contributed by atoms with Gasteiger partial charge >= 0.3 is 0 Å². The Hall–Kier alpha value is -2.57. The molecule has 0 saturated carbocycles. The van der Waals surface area contributed by atoms with Gasteiger partial charge in [-0.05, 0) is 37.3 Å². The van der Waals surface area contributed by atoms with E-state index in [4.69, 9.17) is 27.9 Å². The van der Waals surface area contributed by atoms with Crippen LogP contribution >= 0.6 is 23.2 Å². The van der Waals surface area contributed by atoms with Gasteiger partial charge in [-0.15, -0.1) is 0 Å². The standard InChI is InChI=1S/C17H12Cl2N2O4/c1-2-25-14-12(18)5-8(6-13(14)19)15(22)20-9-3-4-10-11(7-9)17(24)21-16(10)23/h3-7H,2H2,1H3,(H,20,22)(H,21,23,24). The molecule has 2 aromatic carbocycles. The van der Waals surface area contributed by atoms with Crippen LogP contribution < -0.4 is 15.4 Å². The molecule has 6 nitrogen and oxygen atoms in total. The highest BCUT2D eigenvalue weighted by atomic mass is 35.5. The number of hydrogen-bond donors (Lipinski definition) is 2. The lowest BCUT2D eigenvalue weighted by Crippen LogP contribution is -2.19. The van der Waals surface area contributed by atoms with Gasteiger partial charge in [0, 0.05) is 11.3 Å². The van der Waals surface area contributed by atoms with Crippen LogP contribution in [0, 0.1) is 0 Å². The van der Waals surface area contributed by atoms with Gasteiger partial charge in [0.25, 0.3) is 17.7 Å². The first-order valence-electron chi connectivity index (χ1n) is 7.33. The number of carbonyl (C=O) groups excluding carboxylic acids is 3. The molecule has 0 saturated heterocycles. The van der Waals surface area contributed by atoms with Gasteiger partial charge in [0.1, 0.15) is 0 Å². The highest BCUT2D eigenvalue weighted by Crippen LogP contribution is 2.34. The number of ether oxygens (including phenoxy) is 1. The molecule has 8 heteroatoms. The minimum atomic E-state index is -0.497. The molecule has 1 aliphatic heterocycles. The van der Waals surface area contributed by atoms with Crippen molar-refractivity contribution in [1.29, 1.82) is 0 Å². The van der Waals surface area contributed by atoms with Gasteiger partial charge in [0.05, 0.1) is 27.8 Å². The van der Waals surface area contributed by atoms with Crippen LogP contribution in [0.4, 0.5) is 5.69 Å². The summed E-state index contributed by atoms with van der Waals surface area (Å²) >= 11 is 12.2. The lowest BCUT2D eigenvalue weighted by Gasteiger charge is -2.11. The lowest BCUT2D eigenvalue weighted by atomic mass is 10.1. The third-order valence-corrected chi connectivity index (χ3v) is 4.10. The SMILES string of the molecule is CCOc1c(Cl)cc(C(=O)Nc2ccc3c(c2)C(=O)NC3=O)cc1Cl. The molecule has 2 N–H and O–H groups in total. The molecule has 3 amide bonds. The van der Waals surface area contributed by atoms with Gasteiger partial charge in [0.15, 0.2) is 5.75 Å². The Morgan fingerprint density at radius 1 is 1.08 bits per heavy atom. The second-order valence-electron chi connectivity index (χ2n) is 5.20. The van der Waals surface area contributed by atoms with Crippen molar-refractivity contribution in [3.8, 4) is 5.75 Å². The summed E-state index contributed by atoms with van der Waals surface area (Å²) in [5, 5.41) is 5.27. The van der Waals surface area contributed by atoms with E-state index in [0.717, 1.165) is 0 Å². The fourth-order valence-electron chi connectivity index (χ4n) is 2.42. The largest absolute Gasteiger partial charge is 0.491 e. The van der Waals surface area contributed by atoms with Crippen LogP contribution in [-0.4, -0.2) is 24.3 Å². The Balaban J connectivity index is 1.85. The van der Waals surface area contributed by atoms with Crippen LogP contribution in [0.5, 0.6) is 5.75 Å². The molecule has 3 rings (SSSR count). The molecule has 1 aliphatic rings. The molecule has 2 aromatic rings. The highest BCUT2D eigenvalue weighted by Gasteiger charge is 2.27. The van der Waals surface area contributed by atoms with E-state index in [1.165, 1.54) is 30.3 Å². The summed E-state index contributed by atoms with van der Waals surface area (Å²) in [6.45, 7) is 2.18. The maximum absolute atomic E-state index is 12.4. The van der Waals surface area contributed by atoms with Gasteiger partial charge < -0.3 is 10.1 Å². The molecule has 0 aliphatic carbocycles. The molecule has 1 heterocycles. The van der Waals surface area contributed by atoms with Crippen molar-refractivity contribution < 1.29 is 19.1 Å². The third kappa shape index (κ3) is 3.31. The Morgan fingerprint density at radius 2 is 1.72 bits per heavy atom. The second kappa shape index (κ2) is 6.74. The van der Waals surface area contributed by atoms with E-state index in [1.54, 1.807) is 6.92 Å². The molecular weight excluding hydrogens is 367 g/mol. The van der Waals surface area contributed by atoms with Crippen LogP contribution in [-0.2, 0) is 0 Å². The first-order valence-corrected chi connectivity index (χ1v) is 8.09. The summed E-state index contributed by atoms with van der Waals surface area (Å²) in [5.41, 5.74) is 1.09. The average molecular weight is 379 g/mol. The van der Waals surface area contributed by atoms with Crippen molar-refractivity contribution in [3.63, 3.8) is 0 Å². The summed E-state index contributed by atoms with van der Waals surface area (Å²) < 4.78 is 5.32. The minimum Gasteiger partial charge on any atom is -0.491 e. The second-order valence-corrected chi connectivity index (χ2v) is 6.01. The average Bonchev–Trinajstić information content (AvgIpc) is 2.85. The summed E-state index contributed by atoms with van der Waals surface area (Å²) in [7, 11) is 0. The fraction of sp³-hybridized carbons (Fsp3) is 0.118. The number of hydrogen-bond acceptors (Lipinski definition) is 4. The molecule has 0 unspecified atom stereocenters. The number of rotatable bonds is 4. The van der Waals surface area contributed by atoms with Crippen molar-refractivity contribution in [1.82, 2.24) is 5.32 Å². The number of carbonyl (C=O) groups is 3. The first kappa shape index (κ1) is 17.3. The Morgan fingerprint density at radius 3 is 2.36 bits per heavy atom. The van der Waals surface area contributed by atoms with Gasteiger partial charge in [-0.1, -0.05) is 23.2 Å². The molecule has 128 valence electrons. The minimum absolute atomic E-state index is 0.213. The molecule has 0 radical (unpaired) electrons. The summed E-state index contributed by atoms with van der Waals surface area (Å²) in [5.74, 6) is -1.10. The topological polar surface area (TPSA) is 84.5 Å². The van der Waals surface area contributed by atoms with Crippen molar-refractivity contribution in [2.45, 2.75) is 6.92 Å². The van der Waals surface area contributed by atoms with Gasteiger partial charge in [0.2, 0.25) is 0 Å². The van der Waals surface area contributed by atoms with Crippen molar-refractivity contribution in [2.24, 2.45) is 0 Å². The normalized spacial score (nSPS) is 12.6. The zero-order chi connectivity index (χ0) is 18.1. The van der Waals surface area contributed by atoms with Gasteiger partial charge in [-0.3, -0.25) is 19.7 Å². The smallest absolute Gasteiger partial charge is 0.259 e. The zero-order valence-electron chi connectivity index (χ0n) is 13.0. The van der Waals surface area contributed by atoms with Crippen LogP contribution in [0.15, 0.2) is 30.3 Å². The van der Waals surface area contributed by atoms with Crippen molar-refractivity contribution in [2.75, 3.05) is 11.9 Å². The molecular formula is C17H12Cl2N2O4. The van der Waals surface area contributed by atoms with E-state index < -0.39 is 17.7 Å². The number of halogens is 2. The number of fused-ring (bicyclic) bond motifs is 1. The summed E-state index contributed by atoms with van der Waals surface area (Å²) in [6.07, 6.45) is 0. The molecule has 0 fully saturated rings. The number of nitrogens with one attached hydrogen (secondary N) is 2. The maximum Gasteiger partial charge on any atom is 0.259 e. The van der Waals surface area contributed by atoms with Crippen LogP contribution in [0.1, 0.15) is 38.0 Å². The van der Waals surface area contributed by atoms with Crippen molar-refractivity contribution in [3.05, 3.63) is 57.1 Å². The monoisotopic (exact) mass is 378 g/mol. The number of amides is 3. The predicted molar refractivity (Wildman–Crippen MR) is 93.8 cm³/mol. The Labute approximate surface area is 153 Å². The van der Waals surface area contributed by atoms with Crippen LogP contribution in [0.3, 0.4) is 0 Å². The number of benzene rings is 2. The van der Waals surface area contributed by atoms with Crippen molar-refractivity contribution >= 4 is 46.6 Å². The molecule has 25 heavy (non-hydrogen) atoms. The summed E-state index contributed by atoms with van der Waals surface area (Å²) in [4.78, 5) is 35.6. The summed E-state index contributed by atoms with van der Waals surface area (Å²) in [6, 6.07) is 7.33. The van der Waals surface area contributed by atoms with E-state index in [1.807, 2.05) is 0 Å². The molecule has 0 spiro atoms. The van der Waals surface area contributed by atoms with E-state index in [9.17, 15) is 14.4 Å². The highest BCUT2D eigenvalue weighted by molar-refractivity contribution is 6.37. The Kier molecular flexibility index (Phi) is 4.65. The van der Waals surface area contributed by atoms with Crippen LogP contribution in [0.25, 0.3) is 0 Å². The van der Waals surface area contributed by atoms with Gasteiger partial charge in [-0.2, -0.15) is 0 Å². The van der Waals surface area contributed by atoms with E-state index in [-0.39, 0.29) is 26.7 Å². The molecule has 0 aromatic heterocycles. The quantitative estimate of drug-likeness (QED) is 0.796. The van der Waals surface area contributed by atoms with E-state index in [0.29, 0.717) is 18.0 Å². The predicted octanol–water partition coefficient (Wildman–Crippen LogP) is 3.53. The zero-order valence-corrected chi connectivity index (χ0v) is 14.5. The van der Waals surface area contributed by atoms with Gasteiger partial charge in [-0.25, -0.2) is 0 Å². The molecule has 0 atom stereocenters. The Bertz CT molecular complexity index is 889. The molecule has 0 bridgehead atoms. The van der Waals surface area contributed by atoms with E-state index in [2.05, 4.69) is 10.6 Å². The fourth-order valence-corrected chi connectivity index (χ4v) is 3.02. The lowest BCUT2D eigenvalue weighted by molar-refractivity contribution is 0.0878.